The molecule has 0 bridgehead atoms. The summed E-state index contributed by atoms with van der Waals surface area (Å²) in [7, 11) is 0. The second-order valence-electron chi connectivity index (χ2n) is 5.41. The fourth-order valence-electron chi connectivity index (χ4n) is 1.98. The van der Waals surface area contributed by atoms with E-state index in [1.54, 1.807) is 25.1 Å². The number of nitrogens with one attached hydrogen (secondary N) is 2. The maximum atomic E-state index is 12.3. The van der Waals surface area contributed by atoms with Gasteiger partial charge in [0.05, 0.1) is 0 Å². The predicted octanol–water partition coefficient (Wildman–Crippen LogP) is 2.94. The first-order valence-corrected chi connectivity index (χ1v) is 7.18. The van der Waals surface area contributed by atoms with Crippen LogP contribution in [0.4, 0.5) is 0 Å². The molecule has 1 aromatic carbocycles. The molecule has 1 atom stereocenters. The highest BCUT2D eigenvalue weighted by atomic mass is 35.5. The van der Waals surface area contributed by atoms with E-state index in [-0.39, 0.29) is 5.91 Å². The average molecular weight is 314 g/mol. The van der Waals surface area contributed by atoms with Gasteiger partial charge in [-0.3, -0.25) is 15.1 Å². The fraction of sp³-hybridized carbons (Fsp3) is 0.429. The molecule has 1 fully saturated rings. The zero-order chi connectivity index (χ0) is 14.9. The number of hydrogen-bond donors (Lipinski definition) is 2. The molecule has 0 saturated carbocycles. The molecule has 1 aromatic rings. The number of benzene rings is 1. The van der Waals surface area contributed by atoms with Crippen LogP contribution in [0.25, 0.3) is 0 Å². The van der Waals surface area contributed by atoms with Crippen LogP contribution in [0, 0.1) is 5.92 Å². The first-order chi connectivity index (χ1) is 9.33. The van der Waals surface area contributed by atoms with Gasteiger partial charge in [-0.15, -0.1) is 0 Å². The Bertz CT molecular complexity index is 572. The van der Waals surface area contributed by atoms with Gasteiger partial charge >= 0.3 is 0 Å². The van der Waals surface area contributed by atoms with Crippen molar-refractivity contribution in [1.82, 2.24) is 10.6 Å². The number of amides is 1. The van der Waals surface area contributed by atoms with Gasteiger partial charge in [0.2, 0.25) is 0 Å². The molecule has 1 heterocycles. The third-order valence-corrected chi connectivity index (χ3v) is 3.70. The molecule has 1 amide bonds. The average Bonchev–Trinajstić information content (AvgIpc) is 2.66. The lowest BCUT2D eigenvalue weighted by atomic mass is 9.92. The molecule has 1 aliphatic rings. The Morgan fingerprint density at radius 2 is 2.05 bits per heavy atom. The number of halogens is 2. The van der Waals surface area contributed by atoms with Crippen molar-refractivity contribution in [2.24, 2.45) is 10.9 Å². The summed E-state index contributed by atoms with van der Waals surface area (Å²) in [5.74, 6) is 0.703. The number of hydrogen-bond acceptors (Lipinski definition) is 2. The third kappa shape index (κ3) is 2.91. The molecule has 4 nitrogen and oxygen atoms in total. The minimum absolute atomic E-state index is 0.191. The minimum atomic E-state index is -0.961. The van der Waals surface area contributed by atoms with Crippen molar-refractivity contribution in [3.05, 3.63) is 33.8 Å². The Hall–Kier alpha value is -1.26. The van der Waals surface area contributed by atoms with Crippen molar-refractivity contribution in [2.75, 3.05) is 6.54 Å². The van der Waals surface area contributed by atoms with Crippen molar-refractivity contribution < 1.29 is 4.79 Å². The molecule has 2 rings (SSSR count). The van der Waals surface area contributed by atoms with Crippen LogP contribution in [0.15, 0.2) is 23.2 Å². The van der Waals surface area contributed by atoms with Gasteiger partial charge < -0.3 is 5.32 Å². The lowest BCUT2D eigenvalue weighted by Crippen LogP contribution is -2.41. The summed E-state index contributed by atoms with van der Waals surface area (Å²) < 4.78 is 0. The predicted molar refractivity (Wildman–Crippen MR) is 82.2 cm³/mol. The lowest BCUT2D eigenvalue weighted by Gasteiger charge is -2.23. The summed E-state index contributed by atoms with van der Waals surface area (Å²) in [6.45, 7) is 6.53. The standard InChI is InChI=1S/C14H17Cl2N3O/c1-8(2)7-17-13-18-12(20)14(3,19-13)10-6-9(15)4-5-11(10)16/h4-6,8H,7H2,1-3H3,(H2,17,18,19,20). The van der Waals surface area contributed by atoms with E-state index >= 15 is 0 Å². The molecule has 20 heavy (non-hydrogen) atoms. The molecule has 2 N–H and O–H groups in total. The SMILES string of the molecule is CC(C)CN=C1NC(=O)C(C)(c2cc(Cl)ccc2Cl)N1. The maximum absolute atomic E-state index is 12.3. The Morgan fingerprint density at radius 1 is 1.35 bits per heavy atom. The monoisotopic (exact) mass is 313 g/mol. The highest BCUT2D eigenvalue weighted by molar-refractivity contribution is 6.34. The zero-order valence-electron chi connectivity index (χ0n) is 11.6. The molecule has 0 aliphatic carbocycles. The van der Waals surface area contributed by atoms with Gasteiger partial charge in [-0.05, 0) is 31.0 Å². The number of guanidine groups is 1. The molecule has 0 aromatic heterocycles. The molecular formula is C14H17Cl2N3O. The minimum Gasteiger partial charge on any atom is -0.338 e. The first-order valence-electron chi connectivity index (χ1n) is 6.42. The first kappa shape index (κ1) is 15.1. The summed E-state index contributed by atoms with van der Waals surface area (Å²) in [6, 6.07) is 5.07. The summed E-state index contributed by atoms with van der Waals surface area (Å²) in [6.07, 6.45) is 0. The van der Waals surface area contributed by atoms with Crippen LogP contribution < -0.4 is 10.6 Å². The van der Waals surface area contributed by atoms with Crippen LogP contribution in [0.3, 0.4) is 0 Å². The molecule has 108 valence electrons. The van der Waals surface area contributed by atoms with Gasteiger partial charge in [0, 0.05) is 22.2 Å². The Balaban J connectivity index is 2.33. The van der Waals surface area contributed by atoms with Crippen LogP contribution in [0.2, 0.25) is 10.0 Å². The molecule has 1 saturated heterocycles. The highest BCUT2D eigenvalue weighted by Crippen LogP contribution is 2.32. The van der Waals surface area contributed by atoms with E-state index in [0.717, 1.165) is 0 Å². The zero-order valence-corrected chi connectivity index (χ0v) is 13.1. The maximum Gasteiger partial charge on any atom is 0.256 e. The number of rotatable bonds is 3. The largest absolute Gasteiger partial charge is 0.338 e. The summed E-state index contributed by atoms with van der Waals surface area (Å²) in [5.41, 5.74) is -0.323. The van der Waals surface area contributed by atoms with Gasteiger partial charge in [0.1, 0.15) is 5.54 Å². The summed E-state index contributed by atoms with van der Waals surface area (Å²) >= 11 is 12.2. The topological polar surface area (TPSA) is 53.5 Å². The summed E-state index contributed by atoms with van der Waals surface area (Å²) in [4.78, 5) is 16.6. The quantitative estimate of drug-likeness (QED) is 0.901. The molecule has 0 spiro atoms. The number of aliphatic imine (C=N–C) groups is 1. The van der Waals surface area contributed by atoms with E-state index in [9.17, 15) is 4.79 Å². The van der Waals surface area contributed by atoms with Crippen LogP contribution in [0.5, 0.6) is 0 Å². The summed E-state index contributed by atoms with van der Waals surface area (Å²) in [5, 5.41) is 6.87. The van der Waals surface area contributed by atoms with Crippen LogP contribution in [-0.4, -0.2) is 18.4 Å². The van der Waals surface area contributed by atoms with Gasteiger partial charge in [-0.25, -0.2) is 0 Å². The van der Waals surface area contributed by atoms with Gasteiger partial charge in [-0.2, -0.15) is 0 Å². The Morgan fingerprint density at radius 3 is 2.70 bits per heavy atom. The molecule has 1 aliphatic heterocycles. The normalized spacial score (nSPS) is 24.1. The van der Waals surface area contributed by atoms with E-state index in [0.29, 0.717) is 34.0 Å². The second kappa shape index (κ2) is 5.62. The van der Waals surface area contributed by atoms with Crippen LogP contribution >= 0.6 is 23.2 Å². The van der Waals surface area contributed by atoms with Crippen molar-refractivity contribution in [2.45, 2.75) is 26.3 Å². The number of nitrogens with zero attached hydrogens (tertiary/aromatic N) is 1. The van der Waals surface area contributed by atoms with Gasteiger partial charge in [-0.1, -0.05) is 37.0 Å². The fourth-order valence-corrected chi connectivity index (χ4v) is 2.46. The van der Waals surface area contributed by atoms with E-state index in [1.165, 1.54) is 0 Å². The molecular weight excluding hydrogens is 297 g/mol. The lowest BCUT2D eigenvalue weighted by molar-refractivity contribution is -0.123. The smallest absolute Gasteiger partial charge is 0.256 e. The van der Waals surface area contributed by atoms with Crippen LogP contribution in [-0.2, 0) is 10.3 Å². The van der Waals surface area contributed by atoms with E-state index < -0.39 is 5.54 Å². The van der Waals surface area contributed by atoms with E-state index in [2.05, 4.69) is 29.5 Å². The number of carbonyl (C=O) groups is 1. The Labute approximate surface area is 128 Å². The number of carbonyl (C=O) groups excluding carboxylic acids is 1. The van der Waals surface area contributed by atoms with Gasteiger partial charge in [0.25, 0.3) is 5.91 Å². The second-order valence-corrected chi connectivity index (χ2v) is 6.26. The molecule has 6 heteroatoms. The van der Waals surface area contributed by atoms with Crippen molar-refractivity contribution in [1.29, 1.82) is 0 Å². The van der Waals surface area contributed by atoms with Crippen molar-refractivity contribution in [3.8, 4) is 0 Å². The van der Waals surface area contributed by atoms with Crippen molar-refractivity contribution in [3.63, 3.8) is 0 Å². The third-order valence-electron chi connectivity index (χ3n) is 3.14. The molecule has 0 radical (unpaired) electrons. The van der Waals surface area contributed by atoms with E-state index in [1.807, 2.05) is 0 Å². The Kier molecular flexibility index (Phi) is 4.25. The van der Waals surface area contributed by atoms with E-state index in [4.69, 9.17) is 23.2 Å². The highest BCUT2D eigenvalue weighted by Gasteiger charge is 2.43. The van der Waals surface area contributed by atoms with Gasteiger partial charge in [0.15, 0.2) is 5.96 Å². The van der Waals surface area contributed by atoms with Crippen molar-refractivity contribution >= 4 is 35.1 Å². The molecule has 1 unspecified atom stereocenters. The van der Waals surface area contributed by atoms with Crippen LogP contribution in [0.1, 0.15) is 26.3 Å².